The van der Waals surface area contributed by atoms with Crippen LogP contribution in [0.4, 0.5) is 28.9 Å². The molecule has 0 saturated carbocycles. The highest BCUT2D eigenvalue weighted by atomic mass is 32.1. The van der Waals surface area contributed by atoms with E-state index in [1.165, 1.54) is 24.8 Å². The predicted molar refractivity (Wildman–Crippen MR) is 184 cm³/mol. The number of rotatable bonds is 16. The van der Waals surface area contributed by atoms with Gasteiger partial charge in [-0.1, -0.05) is 20.8 Å². The summed E-state index contributed by atoms with van der Waals surface area (Å²) in [4.78, 5) is 32.0. The Morgan fingerprint density at radius 1 is 1.02 bits per heavy atom. The molecule has 274 valence electrons. The quantitative estimate of drug-likeness (QED) is 0.113. The van der Waals surface area contributed by atoms with Crippen molar-refractivity contribution >= 4 is 40.5 Å². The molecule has 1 aliphatic heterocycles. The van der Waals surface area contributed by atoms with Gasteiger partial charge in [0.1, 0.15) is 17.7 Å². The van der Waals surface area contributed by atoms with E-state index in [0.717, 1.165) is 36.3 Å². The minimum atomic E-state index is -5.17. The van der Waals surface area contributed by atoms with E-state index in [1.807, 2.05) is 6.92 Å². The standard InChI is InChI=1S/C35H45F4N5O5S/c1-22-25(44-32(50)43(31(46)34(44,6)7)26-13-12-24(20-40)29(30(26)36)35(37,38)39)14-15-28(41-22)49-19-10-8-9-16-47-17-11-18-48-21-27(45)42-23(2)33(3,4)5/h12-15,23H,8-11,16-19,21H2,1-7H3,(H,42,45). The number of carbonyl (C=O) groups excluding carboxylic acids is 2. The van der Waals surface area contributed by atoms with Gasteiger partial charge in [0.05, 0.1) is 35.3 Å². The van der Waals surface area contributed by atoms with Gasteiger partial charge in [-0.25, -0.2) is 9.37 Å². The molecule has 50 heavy (non-hydrogen) atoms. The number of benzene rings is 1. The molecular weight excluding hydrogens is 678 g/mol. The van der Waals surface area contributed by atoms with Gasteiger partial charge in [-0.05, 0) is 89.2 Å². The van der Waals surface area contributed by atoms with Gasteiger partial charge in [0.25, 0.3) is 5.91 Å². The summed E-state index contributed by atoms with van der Waals surface area (Å²) in [6, 6.07) is 6.38. The Kier molecular flexibility index (Phi) is 13.7. The first kappa shape index (κ1) is 40.6. The number of ether oxygens (including phenoxy) is 3. The van der Waals surface area contributed by atoms with Crippen LogP contribution in [0.25, 0.3) is 0 Å². The van der Waals surface area contributed by atoms with Gasteiger partial charge in [-0.15, -0.1) is 0 Å². The largest absolute Gasteiger partial charge is 0.478 e. The van der Waals surface area contributed by atoms with E-state index in [9.17, 15) is 22.8 Å². The number of hydrogen-bond donors (Lipinski definition) is 1. The van der Waals surface area contributed by atoms with Crippen molar-refractivity contribution in [1.82, 2.24) is 10.3 Å². The van der Waals surface area contributed by atoms with Gasteiger partial charge in [0.15, 0.2) is 10.9 Å². The van der Waals surface area contributed by atoms with E-state index in [-0.39, 0.29) is 29.1 Å². The second-order valence-electron chi connectivity index (χ2n) is 13.6. The summed E-state index contributed by atoms with van der Waals surface area (Å²) in [7, 11) is 0. The third kappa shape index (κ3) is 9.88. The fraction of sp³-hybridized carbons (Fsp3) is 0.571. The number of hydrogen-bond acceptors (Lipinski definition) is 8. The number of unbranched alkanes of at least 4 members (excludes halogenated alkanes) is 2. The number of halogens is 4. The molecule has 2 heterocycles. The number of amides is 2. The lowest BCUT2D eigenvalue weighted by atomic mass is 9.88. The number of alkyl halides is 3. The van der Waals surface area contributed by atoms with Crippen molar-refractivity contribution < 1.29 is 41.4 Å². The van der Waals surface area contributed by atoms with Crippen LogP contribution in [0.2, 0.25) is 0 Å². The van der Waals surface area contributed by atoms with Crippen molar-refractivity contribution in [2.24, 2.45) is 5.41 Å². The van der Waals surface area contributed by atoms with Crippen molar-refractivity contribution in [1.29, 1.82) is 5.26 Å². The molecule has 0 spiro atoms. The topological polar surface area (TPSA) is 117 Å². The lowest BCUT2D eigenvalue weighted by molar-refractivity contribution is -0.140. The summed E-state index contributed by atoms with van der Waals surface area (Å²) in [5.74, 6) is -2.30. The molecule has 3 rings (SSSR count). The number of carbonyl (C=O) groups is 2. The van der Waals surface area contributed by atoms with Gasteiger partial charge in [-0.2, -0.15) is 18.4 Å². The molecule has 1 unspecified atom stereocenters. The molecule has 2 aromatic rings. The molecule has 2 amide bonds. The third-order valence-corrected chi connectivity index (χ3v) is 8.74. The van der Waals surface area contributed by atoms with Crippen LogP contribution < -0.4 is 19.9 Å². The molecule has 0 bridgehead atoms. The van der Waals surface area contributed by atoms with Crippen molar-refractivity contribution in [2.75, 3.05) is 42.8 Å². The van der Waals surface area contributed by atoms with Crippen LogP contribution >= 0.6 is 12.2 Å². The molecule has 1 aromatic carbocycles. The molecule has 1 aliphatic rings. The molecule has 1 saturated heterocycles. The highest BCUT2D eigenvalue weighted by molar-refractivity contribution is 7.81. The first-order valence-corrected chi connectivity index (χ1v) is 16.8. The third-order valence-electron chi connectivity index (χ3n) is 8.38. The van der Waals surface area contributed by atoms with Crippen molar-refractivity contribution in [2.45, 2.75) is 91.9 Å². The van der Waals surface area contributed by atoms with E-state index < -0.39 is 40.3 Å². The van der Waals surface area contributed by atoms with Gasteiger partial charge in [0, 0.05) is 31.9 Å². The molecule has 0 radical (unpaired) electrons. The fourth-order valence-electron chi connectivity index (χ4n) is 5.06. The summed E-state index contributed by atoms with van der Waals surface area (Å²) < 4.78 is 73.1. The van der Waals surface area contributed by atoms with Crippen molar-refractivity contribution in [3.8, 4) is 11.9 Å². The van der Waals surface area contributed by atoms with E-state index >= 15 is 4.39 Å². The number of pyridine rings is 1. The first-order chi connectivity index (χ1) is 23.3. The van der Waals surface area contributed by atoms with E-state index in [4.69, 9.17) is 31.7 Å². The number of nitriles is 1. The molecule has 1 aromatic heterocycles. The Morgan fingerprint density at radius 3 is 2.26 bits per heavy atom. The lowest BCUT2D eigenvalue weighted by Crippen LogP contribution is -2.44. The monoisotopic (exact) mass is 723 g/mol. The number of thiocarbonyl (C=S) groups is 1. The average Bonchev–Trinajstić information content (AvgIpc) is 3.19. The summed E-state index contributed by atoms with van der Waals surface area (Å²) in [6.07, 6.45) is -2.05. The van der Waals surface area contributed by atoms with Crippen LogP contribution in [-0.2, 0) is 25.2 Å². The Balaban J connectivity index is 1.46. The summed E-state index contributed by atoms with van der Waals surface area (Å²) in [5, 5.41) is 11.8. The number of aryl methyl sites for hydroxylation is 1. The van der Waals surface area contributed by atoms with E-state index in [1.54, 1.807) is 19.1 Å². The summed E-state index contributed by atoms with van der Waals surface area (Å²) >= 11 is 5.52. The highest BCUT2D eigenvalue weighted by Crippen LogP contribution is 2.42. The van der Waals surface area contributed by atoms with E-state index in [0.29, 0.717) is 50.1 Å². The molecular formula is C35H45F4N5O5S. The van der Waals surface area contributed by atoms with Crippen molar-refractivity contribution in [3.05, 3.63) is 46.9 Å². The lowest BCUT2D eigenvalue weighted by Gasteiger charge is -2.30. The molecule has 15 heteroatoms. The maximum atomic E-state index is 15.3. The van der Waals surface area contributed by atoms with Gasteiger partial charge in [-0.3, -0.25) is 14.5 Å². The Labute approximate surface area is 296 Å². The maximum absolute atomic E-state index is 15.3. The second kappa shape index (κ2) is 16.9. The number of nitrogens with one attached hydrogen (secondary N) is 1. The zero-order chi connectivity index (χ0) is 37.4. The van der Waals surface area contributed by atoms with E-state index in [2.05, 4.69) is 31.1 Å². The SMILES string of the molecule is Cc1nc(OCCCCCOCCCOCC(=O)NC(C)C(C)(C)C)ccc1N1C(=S)N(c2ccc(C#N)c(C(F)(F)F)c2F)C(=O)C1(C)C. The molecule has 1 N–H and O–H groups in total. The van der Waals surface area contributed by atoms with Gasteiger partial charge < -0.3 is 24.4 Å². The highest BCUT2D eigenvalue weighted by Gasteiger charge is 2.52. The van der Waals surface area contributed by atoms with Gasteiger partial charge >= 0.3 is 6.18 Å². The molecule has 1 atom stereocenters. The molecule has 0 aliphatic carbocycles. The zero-order valence-corrected chi connectivity index (χ0v) is 30.3. The maximum Gasteiger partial charge on any atom is 0.420 e. The fourth-order valence-corrected chi connectivity index (χ4v) is 5.56. The number of aromatic nitrogens is 1. The van der Waals surface area contributed by atoms with Crippen LogP contribution in [0, 0.1) is 29.5 Å². The Hall–Kier alpha value is -3.87. The summed E-state index contributed by atoms with van der Waals surface area (Å²) in [6.45, 7) is 14.8. The first-order valence-electron chi connectivity index (χ1n) is 16.4. The molecule has 1 fully saturated rings. The predicted octanol–water partition coefficient (Wildman–Crippen LogP) is 6.86. The number of nitrogens with zero attached hydrogens (tertiary/aromatic N) is 4. The average molecular weight is 724 g/mol. The van der Waals surface area contributed by atoms with Crippen LogP contribution in [0.3, 0.4) is 0 Å². The minimum absolute atomic E-state index is 0.0206. The zero-order valence-electron chi connectivity index (χ0n) is 29.5. The van der Waals surface area contributed by atoms with Gasteiger partial charge in [0.2, 0.25) is 11.8 Å². The molecule has 10 nitrogen and oxygen atoms in total. The smallest absolute Gasteiger partial charge is 0.420 e. The number of anilines is 2. The Bertz CT molecular complexity index is 1590. The summed E-state index contributed by atoms with van der Waals surface area (Å²) in [5.41, 5.74) is -3.96. The normalized spacial score (nSPS) is 15.3. The van der Waals surface area contributed by atoms with Crippen LogP contribution in [0.5, 0.6) is 5.88 Å². The van der Waals surface area contributed by atoms with Crippen molar-refractivity contribution in [3.63, 3.8) is 0 Å². The second-order valence-corrected chi connectivity index (χ2v) is 14.0. The van der Waals surface area contributed by atoms with Crippen LogP contribution in [0.1, 0.15) is 84.0 Å². The van der Waals surface area contributed by atoms with Crippen LogP contribution in [0.15, 0.2) is 24.3 Å². The Morgan fingerprint density at radius 2 is 1.64 bits per heavy atom. The minimum Gasteiger partial charge on any atom is -0.478 e. The van der Waals surface area contributed by atoms with Crippen LogP contribution in [-0.4, -0.2) is 66.5 Å².